The second-order valence-corrected chi connectivity index (χ2v) is 10.5. The van der Waals surface area contributed by atoms with Crippen molar-refractivity contribution < 1.29 is 26.3 Å². The zero-order valence-electron chi connectivity index (χ0n) is 17.1. The van der Waals surface area contributed by atoms with Gasteiger partial charge in [0.1, 0.15) is 5.75 Å². The molecular weight excluding hydrogens is 427 g/mol. The normalized spacial score (nSPS) is 20.5. The third kappa shape index (κ3) is 5.60. The summed E-state index contributed by atoms with van der Waals surface area (Å²) in [6.07, 6.45) is -0.0675. The minimum Gasteiger partial charge on any atom is -0.490 e. The zero-order chi connectivity index (χ0) is 22.1. The second-order valence-electron chi connectivity index (χ2n) is 8.51. The Morgan fingerprint density at radius 1 is 1.03 bits per heavy atom. The van der Waals surface area contributed by atoms with Gasteiger partial charge in [-0.05, 0) is 74.0 Å². The monoisotopic (exact) mass is 453 g/mol. The van der Waals surface area contributed by atoms with Crippen LogP contribution < -0.4 is 4.74 Å². The quantitative estimate of drug-likeness (QED) is 0.596. The maximum absolute atomic E-state index is 12.9. The standard InChI is InChI=1S/C23H26F3NO3S/c24-23(25,26)19-3-1-6-22(13-19)31(28,29)16-18-11-12-27(15-18)14-17-7-9-21(10-8-17)30-20-4-2-5-20/h1,3,6-10,13,18,20H,2,4-5,11-12,14-16H2/t18-/m1/s1. The summed E-state index contributed by atoms with van der Waals surface area (Å²) in [5.74, 6) is 0.639. The Hall–Kier alpha value is -2.06. The van der Waals surface area contributed by atoms with Crippen molar-refractivity contribution in [3.05, 3.63) is 59.7 Å². The zero-order valence-corrected chi connectivity index (χ0v) is 18.0. The molecule has 2 fully saturated rings. The SMILES string of the molecule is O=S(=O)(C[C@@H]1CCN(Cc2ccc(OC3CCC3)cc2)C1)c1cccc(C(F)(F)F)c1. The van der Waals surface area contributed by atoms with E-state index < -0.39 is 21.6 Å². The molecule has 2 aromatic carbocycles. The first kappa shape index (κ1) is 22.1. The van der Waals surface area contributed by atoms with Crippen LogP contribution >= 0.6 is 0 Å². The average molecular weight is 454 g/mol. The fraction of sp³-hybridized carbons (Fsp3) is 0.478. The van der Waals surface area contributed by atoms with Crippen molar-refractivity contribution in [1.29, 1.82) is 0 Å². The van der Waals surface area contributed by atoms with Crippen molar-refractivity contribution in [3.8, 4) is 5.75 Å². The van der Waals surface area contributed by atoms with Gasteiger partial charge < -0.3 is 4.74 Å². The molecule has 8 heteroatoms. The lowest BCUT2D eigenvalue weighted by Crippen LogP contribution is -2.24. The van der Waals surface area contributed by atoms with Gasteiger partial charge in [-0.1, -0.05) is 18.2 Å². The number of halogens is 3. The number of nitrogens with zero attached hydrogens (tertiary/aromatic N) is 1. The van der Waals surface area contributed by atoms with Gasteiger partial charge in [0.25, 0.3) is 0 Å². The average Bonchev–Trinajstić information content (AvgIpc) is 3.11. The topological polar surface area (TPSA) is 46.6 Å². The van der Waals surface area contributed by atoms with Crippen LogP contribution in [-0.4, -0.2) is 38.3 Å². The van der Waals surface area contributed by atoms with E-state index in [4.69, 9.17) is 4.74 Å². The summed E-state index contributed by atoms with van der Waals surface area (Å²) in [5.41, 5.74) is 0.189. The van der Waals surface area contributed by atoms with Crippen LogP contribution in [0.15, 0.2) is 53.4 Å². The molecule has 0 amide bonds. The summed E-state index contributed by atoms with van der Waals surface area (Å²) in [6.45, 7) is 2.09. The summed E-state index contributed by atoms with van der Waals surface area (Å²) >= 11 is 0. The van der Waals surface area contributed by atoms with Crippen LogP contribution in [-0.2, 0) is 22.6 Å². The van der Waals surface area contributed by atoms with Crippen LogP contribution in [0, 0.1) is 5.92 Å². The molecule has 0 N–H and O–H groups in total. The van der Waals surface area contributed by atoms with Gasteiger partial charge >= 0.3 is 6.18 Å². The maximum Gasteiger partial charge on any atom is 0.416 e. The smallest absolute Gasteiger partial charge is 0.416 e. The first-order valence-electron chi connectivity index (χ1n) is 10.6. The van der Waals surface area contributed by atoms with Crippen molar-refractivity contribution in [2.75, 3.05) is 18.8 Å². The number of likely N-dealkylation sites (tertiary alicyclic amines) is 1. The predicted octanol–water partition coefficient (Wildman–Crippen LogP) is 4.93. The van der Waals surface area contributed by atoms with Gasteiger partial charge in [0.2, 0.25) is 0 Å². The third-order valence-electron chi connectivity index (χ3n) is 6.03. The van der Waals surface area contributed by atoms with Gasteiger partial charge in [0.15, 0.2) is 9.84 Å². The third-order valence-corrected chi connectivity index (χ3v) is 7.91. The van der Waals surface area contributed by atoms with E-state index in [9.17, 15) is 21.6 Å². The molecule has 0 bridgehead atoms. The Bertz CT molecular complexity index is 1000. The fourth-order valence-electron chi connectivity index (χ4n) is 4.08. The molecule has 1 saturated carbocycles. The van der Waals surface area contributed by atoms with Crippen LogP contribution in [0.25, 0.3) is 0 Å². The lowest BCUT2D eigenvalue weighted by molar-refractivity contribution is -0.137. The molecule has 31 heavy (non-hydrogen) atoms. The highest BCUT2D eigenvalue weighted by Gasteiger charge is 2.33. The lowest BCUT2D eigenvalue weighted by atomic mass is 9.96. The van der Waals surface area contributed by atoms with Crippen LogP contribution in [0.3, 0.4) is 0 Å². The summed E-state index contributed by atoms with van der Waals surface area (Å²) in [5, 5.41) is 0. The van der Waals surface area contributed by atoms with Crippen molar-refractivity contribution in [2.45, 2.75) is 49.4 Å². The molecule has 2 aromatic rings. The number of hydrogen-bond acceptors (Lipinski definition) is 4. The van der Waals surface area contributed by atoms with E-state index in [1.54, 1.807) is 0 Å². The molecule has 4 nitrogen and oxygen atoms in total. The van der Waals surface area contributed by atoms with E-state index in [-0.39, 0.29) is 16.6 Å². The van der Waals surface area contributed by atoms with E-state index in [1.165, 1.54) is 12.5 Å². The Morgan fingerprint density at radius 3 is 2.42 bits per heavy atom. The summed E-state index contributed by atoms with van der Waals surface area (Å²) in [7, 11) is -3.78. The molecule has 1 aliphatic carbocycles. The van der Waals surface area contributed by atoms with Crippen LogP contribution in [0.5, 0.6) is 5.75 Å². The molecule has 0 spiro atoms. The molecule has 0 radical (unpaired) electrons. The van der Waals surface area contributed by atoms with Crippen molar-refractivity contribution >= 4 is 9.84 Å². The molecule has 1 saturated heterocycles. The highest BCUT2D eigenvalue weighted by Crippen LogP contribution is 2.32. The van der Waals surface area contributed by atoms with E-state index in [1.807, 2.05) is 24.3 Å². The van der Waals surface area contributed by atoms with Crippen LogP contribution in [0.2, 0.25) is 0 Å². The highest BCUT2D eigenvalue weighted by molar-refractivity contribution is 7.91. The molecular formula is C23H26F3NO3S. The van der Waals surface area contributed by atoms with Gasteiger partial charge in [-0.3, -0.25) is 4.90 Å². The van der Waals surface area contributed by atoms with Gasteiger partial charge in [0.05, 0.1) is 22.3 Å². The molecule has 0 unspecified atom stereocenters. The first-order valence-corrected chi connectivity index (χ1v) is 12.2. The number of hydrogen-bond donors (Lipinski definition) is 0. The Morgan fingerprint density at radius 2 is 1.77 bits per heavy atom. The van der Waals surface area contributed by atoms with Gasteiger partial charge in [-0.2, -0.15) is 13.2 Å². The number of rotatable bonds is 7. The first-order chi connectivity index (χ1) is 14.7. The Labute approximate surface area is 180 Å². The van der Waals surface area contributed by atoms with Crippen molar-refractivity contribution in [2.24, 2.45) is 5.92 Å². The molecule has 1 heterocycles. The maximum atomic E-state index is 12.9. The van der Waals surface area contributed by atoms with Gasteiger partial charge in [-0.25, -0.2) is 8.42 Å². The Balaban J connectivity index is 1.32. The van der Waals surface area contributed by atoms with E-state index >= 15 is 0 Å². The summed E-state index contributed by atoms with van der Waals surface area (Å²) in [6, 6.07) is 12.0. The van der Waals surface area contributed by atoms with Gasteiger partial charge in [0, 0.05) is 13.1 Å². The number of sulfone groups is 1. The highest BCUT2D eigenvalue weighted by atomic mass is 32.2. The summed E-state index contributed by atoms with van der Waals surface area (Å²) in [4.78, 5) is 1.93. The van der Waals surface area contributed by atoms with Crippen molar-refractivity contribution in [1.82, 2.24) is 4.90 Å². The summed E-state index contributed by atoms with van der Waals surface area (Å²) < 4.78 is 70.0. The minimum atomic E-state index is -4.56. The van der Waals surface area contributed by atoms with Crippen LogP contribution in [0.4, 0.5) is 13.2 Å². The lowest BCUT2D eigenvalue weighted by Gasteiger charge is -2.26. The molecule has 0 aromatic heterocycles. The molecule has 4 rings (SSSR count). The predicted molar refractivity (Wildman–Crippen MR) is 112 cm³/mol. The number of benzene rings is 2. The molecule has 2 aliphatic rings. The van der Waals surface area contributed by atoms with Crippen molar-refractivity contribution in [3.63, 3.8) is 0 Å². The van der Waals surface area contributed by atoms with E-state index in [0.717, 1.165) is 48.9 Å². The number of ether oxygens (including phenoxy) is 1. The fourth-order valence-corrected chi connectivity index (χ4v) is 5.76. The Kier molecular flexibility index (Phi) is 6.30. The van der Waals surface area contributed by atoms with E-state index in [2.05, 4.69) is 4.90 Å². The largest absolute Gasteiger partial charge is 0.490 e. The molecule has 1 atom stereocenters. The number of alkyl halides is 3. The van der Waals surface area contributed by atoms with Crippen LogP contribution in [0.1, 0.15) is 36.8 Å². The van der Waals surface area contributed by atoms with E-state index in [0.29, 0.717) is 25.6 Å². The van der Waals surface area contributed by atoms with Gasteiger partial charge in [-0.15, -0.1) is 0 Å². The molecule has 168 valence electrons. The molecule has 1 aliphatic heterocycles. The second kappa shape index (κ2) is 8.82. The minimum absolute atomic E-state index is 0.0965.